The van der Waals surface area contributed by atoms with Gasteiger partial charge < -0.3 is 11.1 Å². The van der Waals surface area contributed by atoms with E-state index in [2.05, 4.69) is 21.2 Å². The number of nitrogens with one attached hydrogen (secondary N) is 1. The molecule has 0 aliphatic carbocycles. The Kier molecular flexibility index (Phi) is 3.33. The van der Waals surface area contributed by atoms with Crippen molar-refractivity contribution in [3.63, 3.8) is 0 Å². The Morgan fingerprint density at radius 3 is 2.65 bits per heavy atom. The largest absolute Gasteiger partial charge is 0.397 e. The Morgan fingerprint density at radius 1 is 1.24 bits per heavy atom. The predicted molar refractivity (Wildman–Crippen MR) is 73.0 cm³/mol. The van der Waals surface area contributed by atoms with Crippen LogP contribution >= 0.6 is 15.9 Å². The molecule has 0 unspecified atom stereocenters. The van der Waals surface area contributed by atoms with Crippen LogP contribution in [0.4, 0.5) is 21.5 Å². The van der Waals surface area contributed by atoms with E-state index in [0.29, 0.717) is 11.4 Å². The highest BCUT2D eigenvalue weighted by atomic mass is 79.9. The Bertz CT molecular complexity index is 535. The summed E-state index contributed by atoms with van der Waals surface area (Å²) >= 11 is 3.43. The van der Waals surface area contributed by atoms with E-state index in [1.807, 2.05) is 25.1 Å². The Hall–Kier alpha value is -1.55. The standard InChI is InChI=1S/C13H12BrFN2/c1-8-5-6-9(7-10(8)14)17-13-11(15)3-2-4-12(13)16/h2-7,17H,16H2,1H3. The summed E-state index contributed by atoms with van der Waals surface area (Å²) < 4.78 is 14.5. The normalized spacial score (nSPS) is 10.3. The fraction of sp³-hybridized carbons (Fsp3) is 0.0769. The third kappa shape index (κ3) is 2.58. The summed E-state index contributed by atoms with van der Waals surface area (Å²) in [4.78, 5) is 0. The molecule has 3 N–H and O–H groups in total. The number of anilines is 3. The van der Waals surface area contributed by atoms with Gasteiger partial charge in [-0.25, -0.2) is 4.39 Å². The smallest absolute Gasteiger partial charge is 0.148 e. The van der Waals surface area contributed by atoms with Gasteiger partial charge in [0.25, 0.3) is 0 Å². The number of hydrogen-bond donors (Lipinski definition) is 2. The van der Waals surface area contributed by atoms with E-state index in [9.17, 15) is 4.39 Å². The molecular formula is C13H12BrFN2. The van der Waals surface area contributed by atoms with E-state index in [-0.39, 0.29) is 5.82 Å². The lowest BCUT2D eigenvalue weighted by atomic mass is 10.2. The molecule has 88 valence electrons. The molecule has 2 nitrogen and oxygen atoms in total. The van der Waals surface area contributed by atoms with Crippen molar-refractivity contribution in [3.8, 4) is 0 Å². The van der Waals surface area contributed by atoms with Gasteiger partial charge in [0.15, 0.2) is 0 Å². The van der Waals surface area contributed by atoms with Gasteiger partial charge in [0.2, 0.25) is 0 Å². The van der Waals surface area contributed by atoms with Crippen LogP contribution < -0.4 is 11.1 Å². The van der Waals surface area contributed by atoms with E-state index in [1.54, 1.807) is 12.1 Å². The van der Waals surface area contributed by atoms with Crippen LogP contribution in [0.5, 0.6) is 0 Å². The summed E-state index contributed by atoms with van der Waals surface area (Å²) in [5.74, 6) is -0.360. The maximum atomic E-state index is 13.6. The van der Waals surface area contributed by atoms with Crippen molar-refractivity contribution in [1.82, 2.24) is 0 Å². The summed E-state index contributed by atoms with van der Waals surface area (Å²) in [6.07, 6.45) is 0. The lowest BCUT2D eigenvalue weighted by Crippen LogP contribution is -1.99. The Morgan fingerprint density at radius 2 is 2.00 bits per heavy atom. The molecule has 2 aromatic rings. The molecule has 4 heteroatoms. The summed E-state index contributed by atoms with van der Waals surface area (Å²) in [5, 5.41) is 2.98. The second-order valence-corrected chi connectivity index (χ2v) is 4.65. The number of para-hydroxylation sites is 1. The van der Waals surface area contributed by atoms with Crippen molar-refractivity contribution in [1.29, 1.82) is 0 Å². The van der Waals surface area contributed by atoms with E-state index in [4.69, 9.17) is 5.73 Å². The molecule has 0 aliphatic rings. The molecule has 0 heterocycles. The van der Waals surface area contributed by atoms with Gasteiger partial charge in [0, 0.05) is 10.2 Å². The van der Waals surface area contributed by atoms with Crippen LogP contribution in [0.25, 0.3) is 0 Å². The first-order chi connectivity index (χ1) is 8.08. The number of halogens is 2. The highest BCUT2D eigenvalue weighted by Crippen LogP contribution is 2.28. The first-order valence-corrected chi connectivity index (χ1v) is 5.94. The minimum absolute atomic E-state index is 0.309. The molecule has 2 aromatic carbocycles. The van der Waals surface area contributed by atoms with Gasteiger partial charge in [-0.2, -0.15) is 0 Å². The van der Waals surface area contributed by atoms with Gasteiger partial charge >= 0.3 is 0 Å². The van der Waals surface area contributed by atoms with Crippen molar-refractivity contribution < 1.29 is 4.39 Å². The van der Waals surface area contributed by atoms with Crippen LogP contribution in [0.2, 0.25) is 0 Å². The topological polar surface area (TPSA) is 38.0 Å². The molecule has 0 amide bonds. The van der Waals surface area contributed by atoms with Gasteiger partial charge in [0.05, 0.1) is 11.4 Å². The van der Waals surface area contributed by atoms with Crippen molar-refractivity contribution in [2.45, 2.75) is 6.92 Å². The van der Waals surface area contributed by atoms with Crippen molar-refractivity contribution >= 4 is 33.0 Å². The number of benzene rings is 2. The summed E-state index contributed by atoms with van der Waals surface area (Å²) in [5.41, 5.74) is 8.34. The SMILES string of the molecule is Cc1ccc(Nc2c(N)cccc2F)cc1Br. The van der Waals surface area contributed by atoms with E-state index < -0.39 is 0 Å². The molecule has 0 aromatic heterocycles. The second kappa shape index (κ2) is 4.75. The highest BCUT2D eigenvalue weighted by molar-refractivity contribution is 9.10. The maximum Gasteiger partial charge on any atom is 0.148 e. The van der Waals surface area contributed by atoms with Gasteiger partial charge in [-0.15, -0.1) is 0 Å². The van der Waals surface area contributed by atoms with E-state index in [1.165, 1.54) is 6.07 Å². The number of rotatable bonds is 2. The van der Waals surface area contributed by atoms with E-state index in [0.717, 1.165) is 15.7 Å². The van der Waals surface area contributed by atoms with Gasteiger partial charge in [-0.05, 0) is 36.8 Å². The van der Waals surface area contributed by atoms with Gasteiger partial charge in [0.1, 0.15) is 5.82 Å². The zero-order valence-corrected chi connectivity index (χ0v) is 10.9. The third-order valence-corrected chi connectivity index (χ3v) is 3.34. The molecule has 0 bridgehead atoms. The molecule has 0 atom stereocenters. The number of nitrogens with two attached hydrogens (primary N) is 1. The van der Waals surface area contributed by atoms with Crippen molar-refractivity contribution in [3.05, 3.63) is 52.3 Å². The maximum absolute atomic E-state index is 13.6. The molecule has 0 spiro atoms. The van der Waals surface area contributed by atoms with Gasteiger partial charge in [-0.3, -0.25) is 0 Å². The van der Waals surface area contributed by atoms with Gasteiger partial charge in [-0.1, -0.05) is 28.1 Å². The van der Waals surface area contributed by atoms with Crippen LogP contribution in [0.3, 0.4) is 0 Å². The Balaban J connectivity index is 2.35. The first-order valence-electron chi connectivity index (χ1n) is 5.15. The van der Waals surface area contributed by atoms with Crippen LogP contribution in [-0.2, 0) is 0 Å². The molecular weight excluding hydrogens is 283 g/mol. The third-order valence-electron chi connectivity index (χ3n) is 2.49. The predicted octanol–water partition coefficient (Wildman–Crippen LogP) is 4.22. The average Bonchev–Trinajstić information content (AvgIpc) is 2.28. The molecule has 17 heavy (non-hydrogen) atoms. The molecule has 0 aliphatic heterocycles. The monoisotopic (exact) mass is 294 g/mol. The first kappa shape index (κ1) is 11.9. The molecule has 0 fully saturated rings. The Labute approximate surface area is 108 Å². The van der Waals surface area contributed by atoms with Crippen molar-refractivity contribution in [2.24, 2.45) is 0 Å². The molecule has 0 radical (unpaired) electrons. The van der Waals surface area contributed by atoms with Crippen LogP contribution in [0, 0.1) is 12.7 Å². The fourth-order valence-corrected chi connectivity index (χ4v) is 1.87. The molecule has 0 saturated carbocycles. The lowest BCUT2D eigenvalue weighted by molar-refractivity contribution is 0.632. The van der Waals surface area contributed by atoms with Crippen LogP contribution in [0.1, 0.15) is 5.56 Å². The average molecular weight is 295 g/mol. The fourth-order valence-electron chi connectivity index (χ4n) is 1.49. The second-order valence-electron chi connectivity index (χ2n) is 3.79. The van der Waals surface area contributed by atoms with E-state index >= 15 is 0 Å². The van der Waals surface area contributed by atoms with Crippen molar-refractivity contribution in [2.75, 3.05) is 11.1 Å². The minimum Gasteiger partial charge on any atom is -0.397 e. The number of nitrogen functional groups attached to an aromatic ring is 1. The number of aryl methyl sites for hydroxylation is 1. The zero-order valence-electron chi connectivity index (χ0n) is 9.30. The highest BCUT2D eigenvalue weighted by Gasteiger charge is 2.06. The summed E-state index contributed by atoms with van der Waals surface area (Å²) in [7, 11) is 0. The number of hydrogen-bond acceptors (Lipinski definition) is 2. The zero-order chi connectivity index (χ0) is 12.4. The summed E-state index contributed by atoms with van der Waals surface area (Å²) in [6.45, 7) is 1.99. The molecule has 0 saturated heterocycles. The summed E-state index contributed by atoms with van der Waals surface area (Å²) in [6, 6.07) is 10.3. The lowest BCUT2D eigenvalue weighted by Gasteiger charge is -2.11. The quantitative estimate of drug-likeness (QED) is 0.814. The molecule has 2 rings (SSSR count). The van der Waals surface area contributed by atoms with Crippen LogP contribution in [-0.4, -0.2) is 0 Å². The van der Waals surface area contributed by atoms with Crippen LogP contribution in [0.15, 0.2) is 40.9 Å². The minimum atomic E-state index is -0.360.